The van der Waals surface area contributed by atoms with Crippen LogP contribution in [-0.4, -0.2) is 34.8 Å². The average Bonchev–Trinajstić information content (AvgIpc) is 2.55. The van der Waals surface area contributed by atoms with Crippen LogP contribution >= 0.6 is 0 Å². The Bertz CT molecular complexity index is 717. The van der Waals surface area contributed by atoms with Gasteiger partial charge >= 0.3 is 0 Å². The van der Waals surface area contributed by atoms with E-state index in [9.17, 15) is 9.90 Å². The molecule has 0 bridgehead atoms. The van der Waals surface area contributed by atoms with Crippen LogP contribution in [0.4, 0.5) is 0 Å². The highest BCUT2D eigenvalue weighted by Crippen LogP contribution is 2.28. The first-order valence-corrected chi connectivity index (χ1v) is 7.94. The molecule has 2 aromatic rings. The second-order valence-corrected chi connectivity index (χ2v) is 6.53. The van der Waals surface area contributed by atoms with E-state index in [2.05, 4.69) is 10.3 Å². The van der Waals surface area contributed by atoms with Gasteiger partial charge in [-0.3, -0.25) is 9.78 Å². The Hall–Kier alpha value is -2.14. The van der Waals surface area contributed by atoms with Crippen molar-refractivity contribution in [1.82, 2.24) is 10.3 Å². The van der Waals surface area contributed by atoms with Gasteiger partial charge in [-0.15, -0.1) is 0 Å². The maximum absolute atomic E-state index is 12.4. The first kappa shape index (κ1) is 15.7. The second kappa shape index (κ2) is 6.16. The molecule has 1 aromatic heterocycles. The van der Waals surface area contributed by atoms with E-state index in [1.807, 2.05) is 31.2 Å². The molecule has 2 N–H and O–H groups in total. The number of benzene rings is 1. The third-order valence-corrected chi connectivity index (χ3v) is 4.55. The molecule has 1 saturated carbocycles. The Kier molecular flexibility index (Phi) is 4.22. The number of aromatic nitrogens is 1. The fraction of sp³-hybridized carbons (Fsp3) is 0.444. The molecule has 5 nitrogen and oxygen atoms in total. The van der Waals surface area contributed by atoms with E-state index in [0.29, 0.717) is 18.4 Å². The van der Waals surface area contributed by atoms with E-state index in [4.69, 9.17) is 4.74 Å². The third-order valence-electron chi connectivity index (χ3n) is 4.55. The highest BCUT2D eigenvalue weighted by atomic mass is 16.5. The van der Waals surface area contributed by atoms with Gasteiger partial charge < -0.3 is 15.2 Å². The summed E-state index contributed by atoms with van der Waals surface area (Å²) in [5.41, 5.74) is 0.764. The van der Waals surface area contributed by atoms with Crippen LogP contribution < -0.4 is 10.1 Å². The lowest BCUT2D eigenvalue weighted by atomic mass is 9.83. The summed E-state index contributed by atoms with van der Waals surface area (Å²) in [5.74, 6) is 0.637. The number of methoxy groups -OCH3 is 1. The molecule has 23 heavy (non-hydrogen) atoms. The third kappa shape index (κ3) is 3.62. The van der Waals surface area contributed by atoms with Crippen molar-refractivity contribution in [3.8, 4) is 5.75 Å². The van der Waals surface area contributed by atoms with Crippen LogP contribution in [0.2, 0.25) is 0 Å². The Labute approximate surface area is 135 Å². The highest BCUT2D eigenvalue weighted by Gasteiger charge is 2.29. The molecule has 0 atom stereocenters. The minimum absolute atomic E-state index is 0.109. The maximum Gasteiger partial charge on any atom is 0.253 e. The van der Waals surface area contributed by atoms with Crippen LogP contribution in [-0.2, 0) is 0 Å². The number of pyridine rings is 1. The molecular weight excluding hydrogens is 292 g/mol. The molecular formula is C18H22N2O3. The van der Waals surface area contributed by atoms with Gasteiger partial charge in [-0.2, -0.15) is 0 Å². The van der Waals surface area contributed by atoms with Crippen LogP contribution in [0.3, 0.4) is 0 Å². The summed E-state index contributed by atoms with van der Waals surface area (Å²) < 4.78 is 5.18. The van der Waals surface area contributed by atoms with Crippen molar-refractivity contribution in [2.45, 2.75) is 44.2 Å². The Morgan fingerprint density at radius 1 is 1.35 bits per heavy atom. The number of rotatable bonds is 3. The molecule has 0 unspecified atom stereocenters. The van der Waals surface area contributed by atoms with E-state index in [0.717, 1.165) is 29.5 Å². The molecule has 0 saturated heterocycles. The molecule has 0 radical (unpaired) electrons. The highest BCUT2D eigenvalue weighted by molar-refractivity contribution is 5.97. The minimum Gasteiger partial charge on any atom is -0.497 e. The summed E-state index contributed by atoms with van der Waals surface area (Å²) in [6, 6.07) is 7.57. The van der Waals surface area contributed by atoms with Crippen molar-refractivity contribution in [1.29, 1.82) is 0 Å². The van der Waals surface area contributed by atoms with Gasteiger partial charge in [0, 0.05) is 23.7 Å². The summed E-state index contributed by atoms with van der Waals surface area (Å²) in [7, 11) is 1.62. The van der Waals surface area contributed by atoms with Crippen LogP contribution in [0.1, 0.15) is 43.0 Å². The molecule has 1 amide bonds. The van der Waals surface area contributed by atoms with Gasteiger partial charge in [-0.05, 0) is 50.8 Å². The van der Waals surface area contributed by atoms with Crippen LogP contribution in [0, 0.1) is 0 Å². The minimum atomic E-state index is -0.592. The largest absolute Gasteiger partial charge is 0.497 e. The van der Waals surface area contributed by atoms with Crippen molar-refractivity contribution in [3.05, 3.63) is 36.0 Å². The van der Waals surface area contributed by atoms with Crippen molar-refractivity contribution < 1.29 is 14.6 Å². The molecule has 1 aliphatic rings. The summed E-state index contributed by atoms with van der Waals surface area (Å²) in [5, 5.41) is 13.9. The number of aliphatic hydroxyl groups is 1. The van der Waals surface area contributed by atoms with Crippen LogP contribution in [0.25, 0.3) is 10.9 Å². The number of amides is 1. The predicted molar refractivity (Wildman–Crippen MR) is 88.6 cm³/mol. The van der Waals surface area contributed by atoms with Crippen molar-refractivity contribution >= 4 is 16.8 Å². The normalized spacial score (nSPS) is 24.4. The zero-order valence-corrected chi connectivity index (χ0v) is 13.5. The zero-order chi connectivity index (χ0) is 16.4. The summed E-state index contributed by atoms with van der Waals surface area (Å²) in [6.07, 6.45) is 4.63. The predicted octanol–water partition coefficient (Wildman–Crippen LogP) is 2.67. The van der Waals surface area contributed by atoms with Crippen LogP contribution in [0.15, 0.2) is 30.5 Å². The zero-order valence-electron chi connectivity index (χ0n) is 13.5. The van der Waals surface area contributed by atoms with E-state index >= 15 is 0 Å². The summed E-state index contributed by atoms with van der Waals surface area (Å²) in [4.78, 5) is 16.7. The SMILES string of the molecule is COc1ccc2cc(C(=O)N[C@H]3CC[C@](C)(O)CC3)cnc2c1. The standard InChI is InChI=1S/C18H22N2O3/c1-18(22)7-5-14(6-8-18)20-17(21)13-9-12-3-4-15(23-2)10-16(12)19-11-13/h3-4,9-11,14,22H,5-8H2,1-2H3,(H,20,21)/t14-,18-. The topological polar surface area (TPSA) is 71.5 Å². The Balaban J connectivity index is 1.71. The first-order valence-electron chi connectivity index (χ1n) is 7.94. The number of nitrogens with zero attached hydrogens (tertiary/aromatic N) is 1. The van der Waals surface area contributed by atoms with Gasteiger partial charge in [-0.25, -0.2) is 0 Å². The molecule has 1 aliphatic carbocycles. The number of hydrogen-bond donors (Lipinski definition) is 2. The molecule has 1 aromatic carbocycles. The Morgan fingerprint density at radius 2 is 2.09 bits per heavy atom. The van der Waals surface area contributed by atoms with Crippen molar-refractivity contribution in [2.75, 3.05) is 7.11 Å². The lowest BCUT2D eigenvalue weighted by molar-refractivity contribution is 0.0140. The molecule has 0 spiro atoms. The lowest BCUT2D eigenvalue weighted by Crippen LogP contribution is -2.42. The Morgan fingerprint density at radius 3 is 2.78 bits per heavy atom. The number of carbonyl (C=O) groups excluding carboxylic acids is 1. The van der Waals surface area contributed by atoms with E-state index in [-0.39, 0.29) is 11.9 Å². The smallest absolute Gasteiger partial charge is 0.253 e. The average molecular weight is 314 g/mol. The fourth-order valence-electron chi connectivity index (χ4n) is 3.01. The van der Waals surface area contributed by atoms with Crippen molar-refractivity contribution in [3.63, 3.8) is 0 Å². The maximum atomic E-state index is 12.4. The molecule has 0 aliphatic heterocycles. The fourth-order valence-corrected chi connectivity index (χ4v) is 3.01. The van der Waals surface area contributed by atoms with Crippen molar-refractivity contribution in [2.24, 2.45) is 0 Å². The van der Waals surface area contributed by atoms with Gasteiger partial charge in [0.15, 0.2) is 0 Å². The number of carbonyl (C=O) groups is 1. The molecule has 122 valence electrons. The summed E-state index contributed by atoms with van der Waals surface area (Å²) in [6.45, 7) is 1.85. The number of hydrogen-bond acceptors (Lipinski definition) is 4. The van der Waals surface area contributed by atoms with E-state index in [1.165, 1.54) is 0 Å². The second-order valence-electron chi connectivity index (χ2n) is 6.53. The monoisotopic (exact) mass is 314 g/mol. The molecule has 3 rings (SSSR count). The molecule has 1 heterocycles. The van der Waals surface area contributed by atoms with Gasteiger partial charge in [0.2, 0.25) is 0 Å². The van der Waals surface area contributed by atoms with E-state index in [1.54, 1.807) is 13.3 Å². The quantitative estimate of drug-likeness (QED) is 0.913. The van der Waals surface area contributed by atoms with E-state index < -0.39 is 5.60 Å². The first-order chi connectivity index (χ1) is 11.0. The number of fused-ring (bicyclic) bond motifs is 1. The van der Waals surface area contributed by atoms with Gasteiger partial charge in [-0.1, -0.05) is 0 Å². The molecule has 1 fully saturated rings. The number of nitrogens with one attached hydrogen (secondary N) is 1. The van der Waals surface area contributed by atoms with Gasteiger partial charge in [0.1, 0.15) is 5.75 Å². The lowest BCUT2D eigenvalue weighted by Gasteiger charge is -2.33. The molecule has 5 heteroatoms. The number of ether oxygens (including phenoxy) is 1. The van der Waals surface area contributed by atoms with Gasteiger partial charge in [0.05, 0.1) is 23.8 Å². The summed E-state index contributed by atoms with van der Waals surface area (Å²) >= 11 is 0. The van der Waals surface area contributed by atoms with Gasteiger partial charge in [0.25, 0.3) is 5.91 Å². The van der Waals surface area contributed by atoms with Crippen LogP contribution in [0.5, 0.6) is 5.75 Å².